The van der Waals surface area contributed by atoms with E-state index in [-0.39, 0.29) is 36.1 Å². The number of carbonyl (C=O) groups is 3. The Balaban J connectivity index is 0.000000159. The van der Waals surface area contributed by atoms with E-state index in [1.807, 2.05) is 91.9 Å². The molecule has 3 heterocycles. The summed E-state index contributed by atoms with van der Waals surface area (Å²) in [6, 6.07) is 40.5. The quantitative estimate of drug-likeness (QED) is 0.0679. The van der Waals surface area contributed by atoms with Crippen LogP contribution in [0.5, 0.6) is 0 Å². The molecule has 9 rings (SSSR count). The van der Waals surface area contributed by atoms with Crippen LogP contribution in [0, 0.1) is 6.92 Å². The van der Waals surface area contributed by atoms with Gasteiger partial charge in [0, 0.05) is 78.4 Å². The zero-order valence-electron chi connectivity index (χ0n) is 39.4. The van der Waals surface area contributed by atoms with Crippen molar-refractivity contribution in [2.45, 2.75) is 31.4 Å². The maximum absolute atomic E-state index is 12.5. The Morgan fingerprint density at radius 1 is 0.444 bits per heavy atom. The smallest absolute Gasteiger partial charge is 0.371 e. The predicted octanol–water partition coefficient (Wildman–Crippen LogP) is 11.0. The number of alkyl halides is 3. The molecule has 3 unspecified atom stereocenters. The lowest BCUT2D eigenvalue weighted by molar-refractivity contribution is -0.137. The van der Waals surface area contributed by atoms with E-state index in [9.17, 15) is 27.6 Å². The number of halogens is 4. The first kappa shape index (κ1) is 52.8. The molecule has 0 saturated carbocycles. The van der Waals surface area contributed by atoms with E-state index in [1.165, 1.54) is 12.1 Å². The summed E-state index contributed by atoms with van der Waals surface area (Å²) in [7, 11) is 0. The second-order valence-corrected chi connectivity index (χ2v) is 17.2. The van der Waals surface area contributed by atoms with Gasteiger partial charge in [0.25, 0.3) is 0 Å². The van der Waals surface area contributed by atoms with Gasteiger partial charge in [-0.15, -0.1) is 0 Å². The standard InChI is InChI=1S/C18H18F3N3O2.C18H21N3O2.C17H18ClN3O2/c19-18(20,21)13-3-7-15(8-4-13)24-17(25)23-14-5-1-12(2-6-14)16-11-22-9-10-26-16;1-13-2-6-15(7-3-13)20-18(22)21-16-8-4-14(5-9-16)17-12-19-10-11-23-17;18-13-3-7-15(8-4-13)21-17(22)20-14-5-1-12(2-6-14)16-11-19-9-10-23-16/h1-8,16,22H,9-11H2,(H2,23,24,25);2-9,17,19H,10-12H2,1H3,(H2,20,21,22);1-8,16,19H,9-11H2,(H2,20,21,22). The molecule has 3 fully saturated rings. The summed E-state index contributed by atoms with van der Waals surface area (Å²) in [6.07, 6.45) is -4.27. The number of aryl methyl sites for hydroxylation is 1. The van der Waals surface area contributed by atoms with Crippen molar-refractivity contribution >= 4 is 63.8 Å². The highest BCUT2D eigenvalue weighted by Gasteiger charge is 2.30. The molecule has 3 aliphatic heterocycles. The van der Waals surface area contributed by atoms with Crippen LogP contribution in [0.2, 0.25) is 5.02 Å². The van der Waals surface area contributed by atoms with E-state index >= 15 is 0 Å². The van der Waals surface area contributed by atoms with E-state index in [1.54, 1.807) is 36.4 Å². The van der Waals surface area contributed by atoms with Crippen LogP contribution in [0.15, 0.2) is 146 Å². The third-order valence-corrected chi connectivity index (χ3v) is 11.5. The number of rotatable bonds is 9. The number of ether oxygens (including phenoxy) is 3. The highest BCUT2D eigenvalue weighted by Crippen LogP contribution is 2.30. The summed E-state index contributed by atoms with van der Waals surface area (Å²) in [4.78, 5) is 35.9. The van der Waals surface area contributed by atoms with Gasteiger partial charge in [0.1, 0.15) is 0 Å². The van der Waals surface area contributed by atoms with E-state index in [0.717, 1.165) is 97.3 Å². The normalized spacial score (nSPS) is 17.5. The second kappa shape index (κ2) is 26.4. The van der Waals surface area contributed by atoms with E-state index in [0.29, 0.717) is 29.6 Å². The molecule has 0 aromatic heterocycles. The highest BCUT2D eigenvalue weighted by atomic mass is 35.5. The van der Waals surface area contributed by atoms with Gasteiger partial charge < -0.3 is 62.1 Å². The summed E-state index contributed by atoms with van der Waals surface area (Å²) >= 11 is 5.81. The van der Waals surface area contributed by atoms with Crippen LogP contribution < -0.4 is 47.9 Å². The van der Waals surface area contributed by atoms with E-state index in [4.69, 9.17) is 25.8 Å². The van der Waals surface area contributed by atoms with E-state index in [2.05, 4.69) is 47.9 Å². The predicted molar refractivity (Wildman–Crippen MR) is 276 cm³/mol. The minimum Gasteiger partial charge on any atom is -0.371 e. The number of morpholine rings is 3. The Kier molecular flexibility index (Phi) is 19.4. The monoisotopic (exact) mass is 1010 g/mol. The van der Waals surface area contributed by atoms with Crippen molar-refractivity contribution in [2.75, 3.05) is 91.0 Å². The van der Waals surface area contributed by atoms with E-state index < -0.39 is 17.8 Å². The molecule has 0 aliphatic carbocycles. The van der Waals surface area contributed by atoms with Crippen LogP contribution >= 0.6 is 11.6 Å². The molecule has 6 amide bonds. The van der Waals surface area contributed by atoms with Crippen molar-refractivity contribution in [1.82, 2.24) is 16.0 Å². The minimum absolute atomic E-state index is 0.0150. The Bertz CT molecular complexity index is 2510. The number of benzene rings is 6. The van der Waals surface area contributed by atoms with Crippen molar-refractivity contribution in [1.29, 1.82) is 0 Å². The number of carbonyl (C=O) groups excluding carboxylic acids is 3. The fourth-order valence-corrected chi connectivity index (χ4v) is 7.60. The number of urea groups is 3. The van der Waals surface area contributed by atoms with Gasteiger partial charge in [-0.2, -0.15) is 13.2 Å². The summed E-state index contributed by atoms with van der Waals surface area (Å²) < 4.78 is 54.6. The maximum atomic E-state index is 12.5. The van der Waals surface area contributed by atoms with Crippen LogP contribution in [0.4, 0.5) is 61.7 Å². The number of hydrogen-bond donors (Lipinski definition) is 9. The molecular formula is C53H57ClF3N9O6. The highest BCUT2D eigenvalue weighted by molar-refractivity contribution is 6.30. The van der Waals surface area contributed by atoms with Gasteiger partial charge in [-0.05, 0) is 121 Å². The first-order valence-corrected chi connectivity index (χ1v) is 23.7. The van der Waals surface area contributed by atoms with Gasteiger partial charge in [-0.25, -0.2) is 14.4 Å². The molecule has 378 valence electrons. The average molecular weight is 1010 g/mol. The summed E-state index contributed by atoms with van der Waals surface area (Å²) in [5.41, 5.74) is 7.39. The van der Waals surface area contributed by atoms with Crippen LogP contribution in [0.1, 0.15) is 46.1 Å². The summed E-state index contributed by atoms with van der Waals surface area (Å²) in [5, 5.41) is 26.8. The van der Waals surface area contributed by atoms with Crippen molar-refractivity contribution in [3.63, 3.8) is 0 Å². The first-order chi connectivity index (χ1) is 34.8. The lowest BCUT2D eigenvalue weighted by atomic mass is 10.1. The average Bonchev–Trinajstić information content (AvgIpc) is 3.39. The lowest BCUT2D eigenvalue weighted by Crippen LogP contribution is -2.33. The Morgan fingerprint density at radius 2 is 0.708 bits per heavy atom. The minimum atomic E-state index is -4.40. The van der Waals surface area contributed by atoms with Crippen LogP contribution in [-0.4, -0.2) is 77.2 Å². The summed E-state index contributed by atoms with van der Waals surface area (Å²) in [6.45, 7) is 9.09. The summed E-state index contributed by atoms with van der Waals surface area (Å²) in [5.74, 6) is 0. The Morgan fingerprint density at radius 3 is 0.972 bits per heavy atom. The van der Waals surface area contributed by atoms with Gasteiger partial charge in [0.15, 0.2) is 0 Å². The van der Waals surface area contributed by atoms with Gasteiger partial charge in [-0.3, -0.25) is 0 Å². The topological polar surface area (TPSA) is 187 Å². The molecule has 0 radical (unpaired) electrons. The van der Waals surface area contributed by atoms with Gasteiger partial charge in [-0.1, -0.05) is 65.7 Å². The number of nitrogens with one attached hydrogen (secondary N) is 9. The van der Waals surface area contributed by atoms with Gasteiger partial charge >= 0.3 is 24.3 Å². The van der Waals surface area contributed by atoms with Crippen molar-refractivity contribution in [3.8, 4) is 0 Å². The number of hydrogen-bond acceptors (Lipinski definition) is 9. The molecule has 0 bridgehead atoms. The van der Waals surface area contributed by atoms with Crippen LogP contribution in [0.25, 0.3) is 0 Å². The Labute approximate surface area is 420 Å². The fraction of sp³-hybridized carbons (Fsp3) is 0.264. The third kappa shape index (κ3) is 17.1. The number of amides is 6. The molecule has 15 nitrogen and oxygen atoms in total. The molecule has 19 heteroatoms. The SMILES string of the molecule is Cc1ccc(NC(=O)Nc2ccc(C3CNCCO3)cc2)cc1.O=C(Nc1ccc(C2CNCCO2)cc1)Nc1ccc(C(F)(F)F)cc1.O=C(Nc1ccc(Cl)cc1)Nc1ccc(C2CNCCO2)cc1. The van der Waals surface area contributed by atoms with Crippen molar-refractivity contribution < 1.29 is 41.8 Å². The van der Waals surface area contributed by atoms with Gasteiger partial charge in [0.2, 0.25) is 0 Å². The maximum Gasteiger partial charge on any atom is 0.416 e. The largest absolute Gasteiger partial charge is 0.416 e. The molecule has 3 aliphatic rings. The zero-order chi connectivity index (χ0) is 50.7. The van der Waals surface area contributed by atoms with Gasteiger partial charge in [0.05, 0.1) is 43.7 Å². The molecule has 72 heavy (non-hydrogen) atoms. The molecule has 6 aromatic carbocycles. The Hall–Kier alpha value is -7.03. The van der Waals surface area contributed by atoms with Crippen LogP contribution in [0.3, 0.4) is 0 Å². The molecule has 9 N–H and O–H groups in total. The molecule has 6 aromatic rings. The van der Waals surface area contributed by atoms with Crippen molar-refractivity contribution in [2.24, 2.45) is 0 Å². The molecule has 3 atom stereocenters. The van der Waals surface area contributed by atoms with Crippen molar-refractivity contribution in [3.05, 3.63) is 178 Å². The lowest BCUT2D eigenvalue weighted by Gasteiger charge is -2.24. The first-order valence-electron chi connectivity index (χ1n) is 23.3. The molecule has 3 saturated heterocycles. The second-order valence-electron chi connectivity index (χ2n) is 16.7. The number of anilines is 6. The third-order valence-electron chi connectivity index (χ3n) is 11.3. The van der Waals surface area contributed by atoms with Crippen LogP contribution in [-0.2, 0) is 20.4 Å². The molecular weight excluding hydrogens is 951 g/mol. The molecule has 0 spiro atoms. The zero-order valence-corrected chi connectivity index (χ0v) is 40.2. The fourth-order valence-electron chi connectivity index (χ4n) is 7.47.